The van der Waals surface area contributed by atoms with E-state index in [0.717, 1.165) is 52.2 Å². The lowest BCUT2D eigenvalue weighted by molar-refractivity contribution is -0.149. The molecule has 5 rings (SSSR count). The molecule has 2 aliphatic rings. The Bertz CT molecular complexity index is 1440. The lowest BCUT2D eigenvalue weighted by atomic mass is 9.86. The van der Waals surface area contributed by atoms with Crippen LogP contribution in [0.2, 0.25) is 5.02 Å². The van der Waals surface area contributed by atoms with Crippen molar-refractivity contribution < 1.29 is 9.53 Å². The Hall–Kier alpha value is -3.55. The first-order valence-corrected chi connectivity index (χ1v) is 13.3. The van der Waals surface area contributed by atoms with Gasteiger partial charge in [-0.2, -0.15) is 5.10 Å². The molecule has 0 bridgehead atoms. The number of halogens is 1. The number of rotatable bonds is 7. The Balaban J connectivity index is 1.36. The number of nitrogens with zero attached hydrogens (tertiary/aromatic N) is 3. The van der Waals surface area contributed by atoms with Crippen molar-refractivity contribution in [3.63, 3.8) is 0 Å². The van der Waals surface area contributed by atoms with Crippen molar-refractivity contribution in [2.45, 2.75) is 38.8 Å². The number of nitrogens with two attached hydrogens (primary N) is 1. The molecule has 1 fully saturated rings. The second-order valence-corrected chi connectivity index (χ2v) is 10.8. The molecule has 2 aliphatic heterocycles. The topological polar surface area (TPSA) is 85.4 Å². The number of piperidine rings is 1. The summed E-state index contributed by atoms with van der Waals surface area (Å²) in [5, 5.41) is 8.16. The molecule has 8 heteroatoms. The summed E-state index contributed by atoms with van der Waals surface area (Å²) in [5.41, 5.74) is 13.6. The number of hydrogen-bond donors (Lipinski definition) is 2. The quantitative estimate of drug-likeness (QED) is 0.429. The molecule has 0 saturated carbocycles. The van der Waals surface area contributed by atoms with E-state index in [-0.39, 0.29) is 5.97 Å². The van der Waals surface area contributed by atoms with Gasteiger partial charge in [0.2, 0.25) is 0 Å². The third-order valence-electron chi connectivity index (χ3n) is 7.56. The van der Waals surface area contributed by atoms with Crippen molar-refractivity contribution in [1.82, 2.24) is 20.0 Å². The Labute approximate surface area is 228 Å². The van der Waals surface area contributed by atoms with Crippen molar-refractivity contribution in [3.05, 3.63) is 94.0 Å². The second kappa shape index (κ2) is 10.3. The molecule has 3 aromatic rings. The van der Waals surface area contributed by atoms with Crippen LogP contribution in [0, 0.1) is 13.8 Å². The zero-order valence-electron chi connectivity index (χ0n) is 22.2. The van der Waals surface area contributed by atoms with Crippen LogP contribution in [-0.4, -0.2) is 45.9 Å². The maximum absolute atomic E-state index is 13.3. The monoisotopic (exact) mass is 531 g/mol. The van der Waals surface area contributed by atoms with Crippen LogP contribution in [0.25, 0.3) is 16.7 Å². The van der Waals surface area contributed by atoms with E-state index in [1.165, 1.54) is 0 Å². The van der Waals surface area contributed by atoms with Gasteiger partial charge in [0, 0.05) is 42.6 Å². The van der Waals surface area contributed by atoms with Gasteiger partial charge >= 0.3 is 5.97 Å². The number of benzene rings is 2. The van der Waals surface area contributed by atoms with E-state index in [1.54, 1.807) is 6.20 Å². The van der Waals surface area contributed by atoms with Gasteiger partial charge in [-0.25, -0.2) is 4.79 Å². The number of ether oxygens (including phenoxy) is 1. The molecule has 1 atom stereocenters. The van der Waals surface area contributed by atoms with E-state index in [0.29, 0.717) is 42.3 Å². The molecule has 3 N–H and O–H groups in total. The molecule has 1 saturated heterocycles. The van der Waals surface area contributed by atoms with E-state index in [1.807, 2.05) is 49.0 Å². The van der Waals surface area contributed by atoms with E-state index < -0.39 is 5.60 Å². The van der Waals surface area contributed by atoms with Crippen molar-refractivity contribution in [1.29, 1.82) is 0 Å². The summed E-state index contributed by atoms with van der Waals surface area (Å²) < 4.78 is 7.89. The average Bonchev–Trinajstić information content (AvgIpc) is 3.38. The number of carbonyl (C=O) groups excluding carboxylic acids is 1. The van der Waals surface area contributed by atoms with Gasteiger partial charge in [-0.3, -0.25) is 9.58 Å². The largest absolute Gasteiger partial charge is 0.448 e. The minimum atomic E-state index is -0.846. The minimum Gasteiger partial charge on any atom is -0.448 e. The average molecular weight is 532 g/mol. The summed E-state index contributed by atoms with van der Waals surface area (Å²) in [5.74, 6) is -0.389. The fourth-order valence-electron chi connectivity index (χ4n) is 5.52. The second-order valence-electron chi connectivity index (χ2n) is 10.4. The van der Waals surface area contributed by atoms with Crippen LogP contribution < -0.4 is 11.1 Å². The molecule has 0 aliphatic carbocycles. The molecule has 198 valence electrons. The smallest absolute Gasteiger partial charge is 0.341 e. The highest BCUT2D eigenvalue weighted by molar-refractivity contribution is 6.34. The summed E-state index contributed by atoms with van der Waals surface area (Å²) in [6, 6.07) is 14.1. The maximum atomic E-state index is 13.3. The summed E-state index contributed by atoms with van der Waals surface area (Å²) in [6.45, 7) is 10.9. The Morgan fingerprint density at radius 1 is 1.24 bits per heavy atom. The van der Waals surface area contributed by atoms with Crippen molar-refractivity contribution in [2.75, 3.05) is 19.6 Å². The molecule has 1 spiro atoms. The number of aryl methyl sites for hydroxylation is 3. The van der Waals surface area contributed by atoms with Gasteiger partial charge in [0.05, 0.1) is 23.5 Å². The van der Waals surface area contributed by atoms with Crippen LogP contribution in [0.15, 0.2) is 66.6 Å². The third-order valence-corrected chi connectivity index (χ3v) is 7.87. The molecular weight excluding hydrogens is 498 g/mol. The van der Waals surface area contributed by atoms with Crippen LogP contribution in [0.4, 0.5) is 0 Å². The fraction of sp³-hybridized carbons (Fsp3) is 0.333. The Morgan fingerprint density at radius 3 is 2.79 bits per heavy atom. The van der Waals surface area contributed by atoms with Crippen LogP contribution in [-0.2, 0) is 23.1 Å². The first-order chi connectivity index (χ1) is 18.2. The number of carbonyl (C=O) groups is 1. The standard InChI is InChI=1S/C30H34ClN5O2/c1-19-7-5-8-22(13-19)25-14-20(2)24(15-26(25)31)27-28(32)30(38-29(27)37)10-6-12-36(18-30)17-21(3)33-16-23-9-11-34-35(23)4/h5,7-9,11,13-15,33H,3,6,10,12,16-18,32H2,1-2,4H3. The summed E-state index contributed by atoms with van der Waals surface area (Å²) in [7, 11) is 1.92. The van der Waals surface area contributed by atoms with Crippen molar-refractivity contribution in [2.24, 2.45) is 12.8 Å². The van der Waals surface area contributed by atoms with Crippen LogP contribution in [0.5, 0.6) is 0 Å². The van der Waals surface area contributed by atoms with E-state index >= 15 is 0 Å². The maximum Gasteiger partial charge on any atom is 0.341 e. The predicted octanol–water partition coefficient (Wildman–Crippen LogP) is 4.72. The molecule has 38 heavy (non-hydrogen) atoms. The molecule has 0 radical (unpaired) electrons. The first kappa shape index (κ1) is 26.1. The van der Waals surface area contributed by atoms with Gasteiger partial charge in [-0.15, -0.1) is 0 Å². The normalized spacial score (nSPS) is 19.7. The highest BCUT2D eigenvalue weighted by atomic mass is 35.5. The van der Waals surface area contributed by atoms with Crippen molar-refractivity contribution >= 4 is 23.1 Å². The minimum absolute atomic E-state index is 0.389. The molecule has 3 heterocycles. The number of likely N-dealkylation sites (tertiary alicyclic amines) is 1. The van der Waals surface area contributed by atoms with Gasteiger partial charge in [0.1, 0.15) is 0 Å². The number of esters is 1. The predicted molar refractivity (Wildman–Crippen MR) is 151 cm³/mol. The number of hydrogen-bond acceptors (Lipinski definition) is 6. The van der Waals surface area contributed by atoms with Crippen LogP contribution in [0.1, 0.15) is 35.2 Å². The molecular formula is C30H34ClN5O2. The van der Waals surface area contributed by atoms with Crippen molar-refractivity contribution in [3.8, 4) is 11.1 Å². The third kappa shape index (κ3) is 4.96. The van der Waals surface area contributed by atoms with Crippen LogP contribution in [0.3, 0.4) is 0 Å². The Kier molecular flexibility index (Phi) is 7.07. The Morgan fingerprint density at radius 2 is 2.05 bits per heavy atom. The zero-order chi connectivity index (χ0) is 27.0. The molecule has 1 aromatic heterocycles. The van der Waals surface area contributed by atoms with Gasteiger partial charge in [0.15, 0.2) is 5.60 Å². The number of nitrogens with one attached hydrogen (secondary N) is 1. The highest BCUT2D eigenvalue weighted by Gasteiger charge is 2.49. The van der Waals surface area contributed by atoms with E-state index in [2.05, 4.69) is 41.0 Å². The summed E-state index contributed by atoms with van der Waals surface area (Å²) in [4.78, 5) is 15.5. The molecule has 1 unspecified atom stereocenters. The van der Waals surface area contributed by atoms with Gasteiger partial charge in [-0.1, -0.05) is 48.0 Å². The molecule has 2 aromatic carbocycles. The zero-order valence-corrected chi connectivity index (χ0v) is 22.9. The summed E-state index contributed by atoms with van der Waals surface area (Å²) in [6.07, 6.45) is 3.33. The first-order valence-electron chi connectivity index (χ1n) is 12.9. The molecule has 7 nitrogen and oxygen atoms in total. The van der Waals surface area contributed by atoms with Gasteiger partial charge < -0.3 is 15.8 Å². The van der Waals surface area contributed by atoms with Gasteiger partial charge in [-0.05, 0) is 68.1 Å². The lowest BCUT2D eigenvalue weighted by Gasteiger charge is -2.40. The van der Waals surface area contributed by atoms with E-state index in [4.69, 9.17) is 22.1 Å². The molecule has 0 amide bonds. The van der Waals surface area contributed by atoms with Crippen LogP contribution >= 0.6 is 11.6 Å². The highest BCUT2D eigenvalue weighted by Crippen LogP contribution is 2.43. The van der Waals surface area contributed by atoms with Gasteiger partial charge in [0.25, 0.3) is 0 Å². The number of aromatic nitrogens is 2. The lowest BCUT2D eigenvalue weighted by Crippen LogP contribution is -2.52. The SMILES string of the molecule is C=C(CN1CCCC2(C1)OC(=O)C(c1cc(Cl)c(-c3cccc(C)c3)cc1C)=C2N)NCc1ccnn1C. The summed E-state index contributed by atoms with van der Waals surface area (Å²) >= 11 is 6.75. The fourth-order valence-corrected chi connectivity index (χ4v) is 5.80. The van der Waals surface area contributed by atoms with E-state index in [9.17, 15) is 4.79 Å².